The summed E-state index contributed by atoms with van der Waals surface area (Å²) in [6.45, 7) is 11.7. The fraction of sp³-hybridized carbons (Fsp3) is 0.714. The summed E-state index contributed by atoms with van der Waals surface area (Å²) in [7, 11) is 4.28. The van der Waals surface area contributed by atoms with Crippen LogP contribution in [-0.4, -0.2) is 31.1 Å². The van der Waals surface area contributed by atoms with E-state index in [0.717, 1.165) is 12.4 Å². The summed E-state index contributed by atoms with van der Waals surface area (Å²) in [6, 6.07) is 0. The van der Waals surface area contributed by atoms with E-state index < -0.39 is 0 Å². The summed E-state index contributed by atoms with van der Waals surface area (Å²) in [6.07, 6.45) is 2.28. The van der Waals surface area contributed by atoms with Gasteiger partial charge in [-0.2, -0.15) is 0 Å². The topological polar surface area (TPSA) is 12.5 Å². The van der Waals surface area contributed by atoms with Crippen LogP contribution in [0.25, 0.3) is 0 Å². The third-order valence-electron chi connectivity index (χ3n) is 3.80. The molecular formula is C14H25NO. The molecular weight excluding hydrogens is 198 g/mol. The van der Waals surface area contributed by atoms with Crippen molar-refractivity contribution in [1.29, 1.82) is 0 Å². The smallest absolute Gasteiger partial charge is 0.120 e. The van der Waals surface area contributed by atoms with Crippen molar-refractivity contribution in [3.8, 4) is 0 Å². The van der Waals surface area contributed by atoms with Gasteiger partial charge in [-0.3, -0.25) is 4.90 Å². The highest BCUT2D eigenvalue weighted by atomic mass is 16.5. The van der Waals surface area contributed by atoms with Gasteiger partial charge in [0.15, 0.2) is 0 Å². The van der Waals surface area contributed by atoms with Crippen molar-refractivity contribution in [2.24, 2.45) is 5.92 Å². The van der Waals surface area contributed by atoms with Crippen molar-refractivity contribution in [3.05, 3.63) is 23.0 Å². The Balaban J connectivity index is 3.24. The number of nitrogens with zero attached hydrogens (tertiary/aromatic N) is 1. The van der Waals surface area contributed by atoms with E-state index in [4.69, 9.17) is 4.74 Å². The molecule has 0 fully saturated rings. The highest BCUT2D eigenvalue weighted by Gasteiger charge is 2.41. The highest BCUT2D eigenvalue weighted by molar-refractivity contribution is 5.48. The van der Waals surface area contributed by atoms with Crippen molar-refractivity contribution in [1.82, 2.24) is 4.90 Å². The molecule has 2 heteroatoms. The summed E-state index contributed by atoms with van der Waals surface area (Å²) in [4.78, 5) is 2.29. The fourth-order valence-electron chi connectivity index (χ4n) is 2.79. The first-order valence-electron chi connectivity index (χ1n) is 6.09. The molecule has 0 N–H and O–H groups in total. The molecule has 0 amide bonds. The maximum Gasteiger partial charge on any atom is 0.120 e. The van der Waals surface area contributed by atoms with Crippen LogP contribution in [0.3, 0.4) is 0 Å². The van der Waals surface area contributed by atoms with E-state index in [-0.39, 0.29) is 5.54 Å². The summed E-state index contributed by atoms with van der Waals surface area (Å²) < 4.78 is 5.72. The normalized spacial score (nSPS) is 25.7. The quantitative estimate of drug-likeness (QED) is 0.725. The van der Waals surface area contributed by atoms with Crippen LogP contribution in [0.4, 0.5) is 0 Å². The van der Waals surface area contributed by atoms with E-state index in [0.29, 0.717) is 5.92 Å². The van der Waals surface area contributed by atoms with Crippen molar-refractivity contribution in [2.45, 2.75) is 40.2 Å². The van der Waals surface area contributed by atoms with E-state index in [1.807, 2.05) is 6.92 Å². The Morgan fingerprint density at radius 3 is 2.19 bits per heavy atom. The van der Waals surface area contributed by atoms with Crippen LogP contribution >= 0.6 is 0 Å². The molecule has 92 valence electrons. The Morgan fingerprint density at radius 1 is 1.31 bits per heavy atom. The second-order valence-corrected chi connectivity index (χ2v) is 5.07. The number of ether oxygens (including phenoxy) is 1. The van der Waals surface area contributed by atoms with Gasteiger partial charge in [0.1, 0.15) is 5.76 Å². The van der Waals surface area contributed by atoms with E-state index >= 15 is 0 Å². The predicted octanol–water partition coefficient (Wildman–Crippen LogP) is 3.21. The second kappa shape index (κ2) is 4.62. The number of likely N-dealkylation sites (N-methyl/N-ethyl adjacent to an activating group) is 1. The van der Waals surface area contributed by atoms with Crippen molar-refractivity contribution in [2.75, 3.05) is 20.7 Å². The number of rotatable bonds is 4. The zero-order valence-corrected chi connectivity index (χ0v) is 11.7. The van der Waals surface area contributed by atoms with Crippen molar-refractivity contribution in [3.63, 3.8) is 0 Å². The van der Waals surface area contributed by atoms with E-state index in [9.17, 15) is 0 Å². The Kier molecular flexibility index (Phi) is 3.84. The van der Waals surface area contributed by atoms with Gasteiger partial charge in [0.05, 0.1) is 12.1 Å². The minimum absolute atomic E-state index is 0.0224. The monoisotopic (exact) mass is 223 g/mol. The molecule has 0 saturated carbocycles. The highest BCUT2D eigenvalue weighted by Crippen LogP contribution is 2.42. The first kappa shape index (κ1) is 13.3. The summed E-state index contributed by atoms with van der Waals surface area (Å²) >= 11 is 0. The summed E-state index contributed by atoms with van der Waals surface area (Å²) in [5.74, 6) is 1.60. The zero-order valence-electron chi connectivity index (χ0n) is 11.7. The van der Waals surface area contributed by atoms with Crippen LogP contribution < -0.4 is 0 Å². The third kappa shape index (κ3) is 1.80. The molecule has 0 aromatic rings. The molecule has 0 radical (unpaired) electrons. The van der Waals surface area contributed by atoms with Crippen LogP contribution in [0.5, 0.6) is 0 Å². The SMILES string of the molecule is CCOC1=CC(C(C)C)(N(C)C)C(C)=C1C. The van der Waals surface area contributed by atoms with Crippen molar-refractivity contribution < 1.29 is 4.74 Å². The molecule has 0 aliphatic heterocycles. The molecule has 0 bridgehead atoms. The molecule has 0 aromatic heterocycles. The first-order valence-corrected chi connectivity index (χ1v) is 6.09. The molecule has 0 heterocycles. The molecule has 2 nitrogen and oxygen atoms in total. The van der Waals surface area contributed by atoms with Crippen LogP contribution in [0.2, 0.25) is 0 Å². The van der Waals surface area contributed by atoms with Crippen LogP contribution in [-0.2, 0) is 4.74 Å². The van der Waals surface area contributed by atoms with Gasteiger partial charge >= 0.3 is 0 Å². The lowest BCUT2D eigenvalue weighted by molar-refractivity contribution is 0.182. The van der Waals surface area contributed by atoms with Gasteiger partial charge in [0, 0.05) is 0 Å². The first-order chi connectivity index (χ1) is 7.37. The fourth-order valence-corrected chi connectivity index (χ4v) is 2.79. The molecule has 0 aromatic carbocycles. The van der Waals surface area contributed by atoms with Gasteiger partial charge in [-0.05, 0) is 58.0 Å². The van der Waals surface area contributed by atoms with E-state index in [1.54, 1.807) is 0 Å². The molecule has 1 aliphatic carbocycles. The van der Waals surface area contributed by atoms with Gasteiger partial charge in [-0.1, -0.05) is 13.8 Å². The lowest BCUT2D eigenvalue weighted by Gasteiger charge is -2.40. The van der Waals surface area contributed by atoms with Crippen LogP contribution in [0, 0.1) is 5.92 Å². The number of hydrogen-bond donors (Lipinski definition) is 0. The molecule has 1 unspecified atom stereocenters. The standard InChI is InChI=1S/C14H25NO/c1-8-16-13-9-14(10(2)3,15(6)7)12(5)11(13)4/h9-10H,8H2,1-7H3. The zero-order chi connectivity index (χ0) is 12.5. The molecule has 1 aliphatic rings. The molecule has 1 atom stereocenters. The van der Waals surface area contributed by atoms with Gasteiger partial charge < -0.3 is 4.74 Å². The van der Waals surface area contributed by atoms with Gasteiger partial charge in [0.25, 0.3) is 0 Å². The van der Waals surface area contributed by atoms with Gasteiger partial charge in [-0.25, -0.2) is 0 Å². The van der Waals surface area contributed by atoms with Crippen molar-refractivity contribution >= 4 is 0 Å². The summed E-state index contributed by atoms with van der Waals surface area (Å²) in [5, 5.41) is 0. The number of allylic oxidation sites excluding steroid dienone is 1. The lowest BCUT2D eigenvalue weighted by atomic mass is 9.81. The second-order valence-electron chi connectivity index (χ2n) is 5.07. The van der Waals surface area contributed by atoms with E-state index in [1.165, 1.54) is 11.1 Å². The lowest BCUT2D eigenvalue weighted by Crippen LogP contribution is -2.47. The van der Waals surface area contributed by atoms with Crippen LogP contribution in [0.15, 0.2) is 23.0 Å². The average Bonchev–Trinajstić information content (AvgIpc) is 2.44. The minimum atomic E-state index is 0.0224. The Morgan fingerprint density at radius 2 is 1.88 bits per heavy atom. The van der Waals surface area contributed by atoms with Gasteiger partial charge in [0.2, 0.25) is 0 Å². The largest absolute Gasteiger partial charge is 0.494 e. The molecule has 1 rings (SSSR count). The number of hydrogen-bond acceptors (Lipinski definition) is 2. The molecule has 0 saturated heterocycles. The summed E-state index contributed by atoms with van der Waals surface area (Å²) in [5.41, 5.74) is 2.73. The molecule has 0 spiro atoms. The maximum atomic E-state index is 5.72. The predicted molar refractivity (Wildman–Crippen MR) is 69.3 cm³/mol. The third-order valence-corrected chi connectivity index (χ3v) is 3.80. The van der Waals surface area contributed by atoms with Gasteiger partial charge in [-0.15, -0.1) is 0 Å². The molecule has 16 heavy (non-hydrogen) atoms. The Hall–Kier alpha value is -0.760. The van der Waals surface area contributed by atoms with E-state index in [2.05, 4.69) is 52.8 Å². The Bertz CT molecular complexity index is 316. The van der Waals surface area contributed by atoms with Crippen LogP contribution in [0.1, 0.15) is 34.6 Å². The Labute approximate surface area is 100.0 Å². The average molecular weight is 223 g/mol. The maximum absolute atomic E-state index is 5.72. The minimum Gasteiger partial charge on any atom is -0.494 e.